The summed E-state index contributed by atoms with van der Waals surface area (Å²) < 4.78 is 11.9. The third-order valence-electron chi connectivity index (χ3n) is 5.34. The molecule has 1 heterocycles. The summed E-state index contributed by atoms with van der Waals surface area (Å²) in [6, 6.07) is 17.0. The molecule has 0 aliphatic carbocycles. The van der Waals surface area contributed by atoms with E-state index in [4.69, 9.17) is 26.2 Å². The Labute approximate surface area is 204 Å². The minimum atomic E-state index is -0.819. The summed E-state index contributed by atoms with van der Waals surface area (Å²) in [5.74, 6) is -0.297. The number of hydrogen-bond acceptors (Lipinski definition) is 5. The number of benzene rings is 2. The Kier molecular flexibility index (Phi) is 9.24. The summed E-state index contributed by atoms with van der Waals surface area (Å²) in [6.07, 6.45) is 1.58. The molecule has 0 fully saturated rings. The van der Waals surface area contributed by atoms with Crippen LogP contribution >= 0.6 is 11.6 Å². The topological polar surface area (TPSA) is 89.0 Å². The third-order valence-corrected chi connectivity index (χ3v) is 5.58. The summed E-state index contributed by atoms with van der Waals surface area (Å²) in [6.45, 7) is 0.237. The number of nitrogens with zero attached hydrogens (tertiary/aromatic N) is 2. The van der Waals surface area contributed by atoms with Crippen molar-refractivity contribution in [1.82, 2.24) is 9.88 Å². The van der Waals surface area contributed by atoms with Crippen LogP contribution in [0.3, 0.4) is 0 Å². The monoisotopic (exact) mass is 484 g/mol. The summed E-state index contributed by atoms with van der Waals surface area (Å²) in [4.78, 5) is 28.9. The predicted octanol–water partition coefficient (Wildman–Crippen LogP) is 5.26. The molecule has 180 valence electrons. The van der Waals surface area contributed by atoms with Gasteiger partial charge >= 0.3 is 5.97 Å². The largest absolute Gasteiger partial charge is 0.487 e. The van der Waals surface area contributed by atoms with Gasteiger partial charge in [0.2, 0.25) is 5.91 Å². The first-order valence-corrected chi connectivity index (χ1v) is 11.5. The highest BCUT2D eigenvalue weighted by Gasteiger charge is 2.16. The predicted molar refractivity (Wildman–Crippen MR) is 131 cm³/mol. The van der Waals surface area contributed by atoms with E-state index < -0.39 is 5.97 Å². The van der Waals surface area contributed by atoms with Gasteiger partial charge in [-0.1, -0.05) is 35.9 Å². The second-order valence-corrected chi connectivity index (χ2v) is 8.66. The van der Waals surface area contributed by atoms with Crippen LogP contribution in [0.15, 0.2) is 54.6 Å². The summed E-state index contributed by atoms with van der Waals surface area (Å²) in [7, 11) is 3.35. The second-order valence-electron chi connectivity index (χ2n) is 8.23. The molecular weight excluding hydrogens is 456 g/mol. The van der Waals surface area contributed by atoms with Crippen molar-refractivity contribution in [3.05, 3.63) is 70.9 Å². The number of fused-ring (bicyclic) bond motifs is 1. The average molecular weight is 485 g/mol. The molecule has 0 radical (unpaired) electrons. The number of carboxylic acid groups (broad SMARTS) is 1. The van der Waals surface area contributed by atoms with Crippen molar-refractivity contribution in [2.75, 3.05) is 20.7 Å². The van der Waals surface area contributed by atoms with E-state index in [9.17, 15) is 9.59 Å². The zero-order chi connectivity index (χ0) is 24.5. The van der Waals surface area contributed by atoms with Gasteiger partial charge in [-0.05, 0) is 55.2 Å². The standard InChI is InChI=1S/C26H29ClN2O5/c1-29(2)25(30)17-34-24(8-3-4-9-26(31)32)19-6-5-7-22(14-19)33-16-21-13-11-18-10-12-20(27)15-23(18)28-21/h5-7,10-15,24H,3-4,8-9,16-17H2,1-2H3,(H,31,32). The van der Waals surface area contributed by atoms with Crippen molar-refractivity contribution in [3.63, 3.8) is 0 Å². The van der Waals surface area contributed by atoms with E-state index in [1.54, 1.807) is 14.1 Å². The van der Waals surface area contributed by atoms with Gasteiger partial charge in [0.15, 0.2) is 0 Å². The van der Waals surface area contributed by atoms with Crippen LogP contribution in [0.4, 0.5) is 0 Å². The van der Waals surface area contributed by atoms with E-state index >= 15 is 0 Å². The zero-order valence-corrected chi connectivity index (χ0v) is 20.1. The molecule has 3 aromatic rings. The van der Waals surface area contributed by atoms with Gasteiger partial charge < -0.3 is 19.5 Å². The molecule has 0 bridgehead atoms. The number of rotatable bonds is 12. The van der Waals surface area contributed by atoms with Crippen LogP contribution < -0.4 is 4.74 Å². The van der Waals surface area contributed by atoms with Crippen molar-refractivity contribution in [2.45, 2.75) is 38.4 Å². The van der Waals surface area contributed by atoms with E-state index in [0.29, 0.717) is 30.0 Å². The van der Waals surface area contributed by atoms with Gasteiger partial charge in [0.1, 0.15) is 19.0 Å². The van der Waals surface area contributed by atoms with Crippen molar-refractivity contribution in [1.29, 1.82) is 0 Å². The van der Waals surface area contributed by atoms with E-state index in [1.807, 2.05) is 54.6 Å². The lowest BCUT2D eigenvalue weighted by Gasteiger charge is -2.20. The van der Waals surface area contributed by atoms with Crippen molar-refractivity contribution in [2.24, 2.45) is 0 Å². The van der Waals surface area contributed by atoms with Crippen molar-refractivity contribution in [3.8, 4) is 5.75 Å². The molecule has 1 atom stereocenters. The highest BCUT2D eigenvalue weighted by molar-refractivity contribution is 6.31. The van der Waals surface area contributed by atoms with Crippen LogP contribution in [0.1, 0.15) is 43.0 Å². The minimum Gasteiger partial charge on any atom is -0.487 e. The fraction of sp³-hybridized carbons (Fsp3) is 0.346. The van der Waals surface area contributed by atoms with Gasteiger partial charge in [-0.2, -0.15) is 0 Å². The van der Waals surface area contributed by atoms with Gasteiger partial charge in [-0.25, -0.2) is 4.98 Å². The Balaban J connectivity index is 1.68. The summed E-state index contributed by atoms with van der Waals surface area (Å²) in [5.41, 5.74) is 2.46. The number of carboxylic acids is 1. The first kappa shape index (κ1) is 25.5. The maximum atomic E-state index is 12.0. The lowest BCUT2D eigenvalue weighted by atomic mass is 10.0. The number of aromatic nitrogens is 1. The molecule has 0 saturated carbocycles. The summed E-state index contributed by atoms with van der Waals surface area (Å²) >= 11 is 6.08. The number of unbranched alkanes of at least 4 members (excludes halogenated alkanes) is 1. The Morgan fingerprint density at radius 1 is 1.09 bits per heavy atom. The molecule has 1 N–H and O–H groups in total. The van der Waals surface area contributed by atoms with E-state index in [-0.39, 0.29) is 31.6 Å². The van der Waals surface area contributed by atoms with Crippen LogP contribution in [0.25, 0.3) is 10.9 Å². The van der Waals surface area contributed by atoms with Crippen LogP contribution in [-0.4, -0.2) is 47.6 Å². The van der Waals surface area contributed by atoms with Crippen LogP contribution in [0, 0.1) is 0 Å². The molecule has 1 aromatic heterocycles. The third kappa shape index (κ3) is 7.71. The quantitative estimate of drug-likeness (QED) is 0.353. The number of amides is 1. The van der Waals surface area contributed by atoms with Crippen molar-refractivity contribution < 1.29 is 24.2 Å². The first-order chi connectivity index (χ1) is 16.3. The molecule has 0 spiro atoms. The Bertz CT molecular complexity index is 1140. The van der Waals surface area contributed by atoms with E-state index in [0.717, 1.165) is 22.2 Å². The van der Waals surface area contributed by atoms with Gasteiger partial charge in [0.25, 0.3) is 0 Å². The highest BCUT2D eigenvalue weighted by atomic mass is 35.5. The van der Waals surface area contributed by atoms with Gasteiger partial charge in [0, 0.05) is 30.9 Å². The average Bonchev–Trinajstić information content (AvgIpc) is 2.81. The number of carbonyl (C=O) groups excluding carboxylic acids is 1. The Morgan fingerprint density at radius 2 is 1.88 bits per heavy atom. The maximum Gasteiger partial charge on any atom is 0.303 e. The van der Waals surface area contributed by atoms with Crippen molar-refractivity contribution >= 4 is 34.4 Å². The Hall–Kier alpha value is -3.16. The molecule has 0 saturated heterocycles. The lowest BCUT2D eigenvalue weighted by molar-refractivity contribution is -0.137. The molecule has 1 unspecified atom stereocenters. The number of halogens is 1. The zero-order valence-electron chi connectivity index (χ0n) is 19.4. The molecular formula is C26H29ClN2O5. The van der Waals surface area contributed by atoms with Gasteiger partial charge in [-0.3, -0.25) is 9.59 Å². The van der Waals surface area contributed by atoms with E-state index in [2.05, 4.69) is 4.98 Å². The SMILES string of the molecule is CN(C)C(=O)COC(CCCCC(=O)O)c1cccc(OCc2ccc3ccc(Cl)cc3n2)c1. The maximum absolute atomic E-state index is 12.0. The van der Waals surface area contributed by atoms with Crippen LogP contribution in [0.5, 0.6) is 5.75 Å². The molecule has 7 nitrogen and oxygen atoms in total. The number of pyridine rings is 1. The molecule has 2 aromatic carbocycles. The molecule has 3 rings (SSSR count). The van der Waals surface area contributed by atoms with Crippen LogP contribution in [0.2, 0.25) is 5.02 Å². The fourth-order valence-electron chi connectivity index (χ4n) is 3.43. The van der Waals surface area contributed by atoms with E-state index in [1.165, 1.54) is 4.90 Å². The minimum absolute atomic E-state index is 0.0503. The first-order valence-electron chi connectivity index (χ1n) is 11.1. The normalized spacial score (nSPS) is 11.9. The fourth-order valence-corrected chi connectivity index (χ4v) is 3.59. The molecule has 1 amide bonds. The second kappa shape index (κ2) is 12.3. The molecule has 0 aliphatic rings. The number of hydrogen-bond donors (Lipinski definition) is 1. The Morgan fingerprint density at radius 3 is 2.65 bits per heavy atom. The molecule has 8 heteroatoms. The number of aliphatic carboxylic acids is 1. The number of carbonyl (C=O) groups is 2. The molecule has 0 aliphatic heterocycles. The lowest BCUT2D eigenvalue weighted by Crippen LogP contribution is -2.27. The van der Waals surface area contributed by atoms with Gasteiger partial charge in [-0.15, -0.1) is 0 Å². The smallest absolute Gasteiger partial charge is 0.303 e. The highest BCUT2D eigenvalue weighted by Crippen LogP contribution is 2.28. The van der Waals surface area contributed by atoms with Gasteiger partial charge in [0.05, 0.1) is 17.3 Å². The molecule has 34 heavy (non-hydrogen) atoms. The number of ether oxygens (including phenoxy) is 2. The van der Waals surface area contributed by atoms with Crippen LogP contribution in [-0.2, 0) is 20.9 Å². The summed E-state index contributed by atoms with van der Waals surface area (Å²) in [5, 5.41) is 10.5. The number of likely N-dealkylation sites (N-methyl/N-ethyl adjacent to an activating group) is 1.